The van der Waals surface area contributed by atoms with Gasteiger partial charge in [0.15, 0.2) is 0 Å². The normalized spacial score (nSPS) is 12.5. The third-order valence-electron chi connectivity index (χ3n) is 1.30. The summed E-state index contributed by atoms with van der Waals surface area (Å²) >= 11 is 1.54. The molecule has 0 radical (unpaired) electrons. The van der Waals surface area contributed by atoms with E-state index in [4.69, 9.17) is 5.11 Å². The summed E-state index contributed by atoms with van der Waals surface area (Å²) in [5.74, 6) is 0.885. The van der Waals surface area contributed by atoms with Gasteiger partial charge < -0.3 is 10.4 Å². The number of aliphatic carboxylic acids is 1. The average Bonchev–Trinajstić information content (AvgIpc) is 2.02. The standard InChI is InChI=1S/C8H15NO3S/c1-6(2)3-13-4-7(8(11)12)9-5-10/h5-7H,3-4H2,1-2H3,(H,9,10)(H,11,12). The Morgan fingerprint density at radius 1 is 1.54 bits per heavy atom. The number of hydrogen-bond donors (Lipinski definition) is 2. The number of carbonyl (C=O) groups excluding carboxylic acids is 1. The first-order valence-electron chi connectivity index (χ1n) is 4.08. The van der Waals surface area contributed by atoms with Crippen LogP contribution in [0.1, 0.15) is 13.8 Å². The number of carboxylic acid groups (broad SMARTS) is 1. The van der Waals surface area contributed by atoms with E-state index in [0.29, 0.717) is 18.1 Å². The van der Waals surface area contributed by atoms with E-state index in [1.807, 2.05) is 0 Å². The maximum absolute atomic E-state index is 10.5. The molecule has 1 unspecified atom stereocenters. The van der Waals surface area contributed by atoms with Crippen molar-refractivity contribution < 1.29 is 14.7 Å². The third-order valence-corrected chi connectivity index (χ3v) is 2.77. The van der Waals surface area contributed by atoms with Gasteiger partial charge in [0.2, 0.25) is 6.41 Å². The number of rotatable bonds is 7. The second-order valence-electron chi connectivity index (χ2n) is 3.11. The van der Waals surface area contributed by atoms with Gasteiger partial charge in [0.25, 0.3) is 0 Å². The Kier molecular flexibility index (Phi) is 6.40. The Morgan fingerprint density at radius 2 is 2.15 bits per heavy atom. The molecule has 0 saturated carbocycles. The Balaban J connectivity index is 3.69. The zero-order chi connectivity index (χ0) is 10.3. The molecular weight excluding hydrogens is 190 g/mol. The molecule has 0 heterocycles. The van der Waals surface area contributed by atoms with Crippen molar-refractivity contribution in [2.24, 2.45) is 5.92 Å². The van der Waals surface area contributed by atoms with E-state index in [9.17, 15) is 9.59 Å². The average molecular weight is 205 g/mol. The molecular formula is C8H15NO3S. The smallest absolute Gasteiger partial charge is 0.327 e. The minimum absolute atomic E-state index is 0.423. The van der Waals surface area contributed by atoms with Gasteiger partial charge in [-0.2, -0.15) is 11.8 Å². The molecule has 1 amide bonds. The zero-order valence-electron chi connectivity index (χ0n) is 7.82. The first-order chi connectivity index (χ1) is 6.07. The van der Waals surface area contributed by atoms with Crippen molar-refractivity contribution in [2.45, 2.75) is 19.9 Å². The summed E-state index contributed by atoms with van der Waals surface area (Å²) in [5.41, 5.74) is 0. The Bertz CT molecular complexity index is 173. The van der Waals surface area contributed by atoms with Crippen molar-refractivity contribution in [3.63, 3.8) is 0 Å². The topological polar surface area (TPSA) is 66.4 Å². The summed E-state index contributed by atoms with van der Waals surface area (Å²) < 4.78 is 0. The van der Waals surface area contributed by atoms with Crippen molar-refractivity contribution >= 4 is 24.1 Å². The second-order valence-corrected chi connectivity index (χ2v) is 4.18. The third kappa shape index (κ3) is 6.45. The lowest BCUT2D eigenvalue weighted by Crippen LogP contribution is -2.38. The molecule has 0 aliphatic rings. The molecule has 0 aromatic heterocycles. The molecule has 0 aromatic carbocycles. The predicted molar refractivity (Wildman–Crippen MR) is 52.8 cm³/mol. The van der Waals surface area contributed by atoms with Crippen LogP contribution >= 0.6 is 11.8 Å². The first-order valence-corrected chi connectivity index (χ1v) is 5.23. The number of nitrogens with one attached hydrogen (secondary N) is 1. The van der Waals surface area contributed by atoms with Gasteiger partial charge in [-0.1, -0.05) is 13.8 Å². The van der Waals surface area contributed by atoms with Crippen LogP contribution in [0.25, 0.3) is 0 Å². The lowest BCUT2D eigenvalue weighted by molar-refractivity contribution is -0.139. The summed E-state index contributed by atoms with van der Waals surface area (Å²) in [6.45, 7) is 4.13. The van der Waals surface area contributed by atoms with Crippen LogP contribution in [0.4, 0.5) is 0 Å². The van der Waals surface area contributed by atoms with Crippen molar-refractivity contribution in [1.29, 1.82) is 0 Å². The van der Waals surface area contributed by atoms with E-state index >= 15 is 0 Å². The van der Waals surface area contributed by atoms with Crippen LogP contribution in [0.2, 0.25) is 0 Å². The molecule has 2 N–H and O–H groups in total. The fourth-order valence-corrected chi connectivity index (χ4v) is 1.78. The van der Waals surface area contributed by atoms with Crippen LogP contribution < -0.4 is 5.32 Å². The first kappa shape index (κ1) is 12.3. The predicted octanol–water partition coefficient (Wildman–Crippen LogP) is 0.575. The van der Waals surface area contributed by atoms with Gasteiger partial charge in [-0.05, 0) is 11.7 Å². The maximum atomic E-state index is 10.5. The summed E-state index contributed by atoms with van der Waals surface area (Å²) in [5, 5.41) is 10.9. The highest BCUT2D eigenvalue weighted by Crippen LogP contribution is 2.08. The minimum atomic E-state index is -0.983. The van der Waals surface area contributed by atoms with E-state index in [0.717, 1.165) is 5.75 Å². The summed E-state index contributed by atoms with van der Waals surface area (Å²) in [6.07, 6.45) is 0.425. The fraction of sp³-hybridized carbons (Fsp3) is 0.750. The molecule has 13 heavy (non-hydrogen) atoms. The molecule has 0 fully saturated rings. The monoisotopic (exact) mass is 205 g/mol. The molecule has 0 rings (SSSR count). The Morgan fingerprint density at radius 3 is 2.54 bits per heavy atom. The van der Waals surface area contributed by atoms with Gasteiger partial charge >= 0.3 is 5.97 Å². The van der Waals surface area contributed by atoms with Crippen LogP contribution in [-0.2, 0) is 9.59 Å². The van der Waals surface area contributed by atoms with Crippen LogP contribution in [-0.4, -0.2) is 35.0 Å². The van der Waals surface area contributed by atoms with Crippen molar-refractivity contribution in [3.05, 3.63) is 0 Å². The summed E-state index contributed by atoms with van der Waals surface area (Å²) in [4.78, 5) is 20.6. The highest BCUT2D eigenvalue weighted by Gasteiger charge is 2.15. The van der Waals surface area contributed by atoms with Crippen LogP contribution in [0.15, 0.2) is 0 Å². The minimum Gasteiger partial charge on any atom is -0.480 e. The Hall–Kier alpha value is -0.710. The number of amides is 1. The molecule has 0 aliphatic heterocycles. The maximum Gasteiger partial charge on any atom is 0.327 e. The van der Waals surface area contributed by atoms with E-state index in [2.05, 4.69) is 19.2 Å². The number of hydrogen-bond acceptors (Lipinski definition) is 3. The van der Waals surface area contributed by atoms with Crippen molar-refractivity contribution in [2.75, 3.05) is 11.5 Å². The second kappa shape index (κ2) is 6.77. The molecule has 5 heteroatoms. The van der Waals surface area contributed by atoms with E-state index in [1.165, 1.54) is 11.8 Å². The van der Waals surface area contributed by atoms with Gasteiger partial charge in [-0.25, -0.2) is 4.79 Å². The summed E-state index contributed by atoms with van der Waals surface area (Å²) in [6, 6.07) is -0.763. The van der Waals surface area contributed by atoms with Gasteiger partial charge in [0.05, 0.1) is 0 Å². The lowest BCUT2D eigenvalue weighted by Gasteiger charge is -2.11. The molecule has 1 atom stereocenters. The Labute approximate surface area is 82.1 Å². The molecule has 4 nitrogen and oxygen atoms in total. The van der Waals surface area contributed by atoms with E-state index < -0.39 is 12.0 Å². The van der Waals surface area contributed by atoms with Crippen molar-refractivity contribution in [1.82, 2.24) is 5.32 Å². The van der Waals surface area contributed by atoms with Crippen molar-refractivity contribution in [3.8, 4) is 0 Å². The highest BCUT2D eigenvalue weighted by molar-refractivity contribution is 7.99. The fourth-order valence-electron chi connectivity index (χ4n) is 0.694. The molecule has 0 spiro atoms. The van der Waals surface area contributed by atoms with E-state index in [-0.39, 0.29) is 0 Å². The quantitative estimate of drug-likeness (QED) is 0.596. The van der Waals surface area contributed by atoms with Gasteiger partial charge in [-0.15, -0.1) is 0 Å². The SMILES string of the molecule is CC(C)CSCC(NC=O)C(=O)O. The molecule has 0 aliphatic carbocycles. The lowest BCUT2D eigenvalue weighted by atomic mass is 10.3. The number of thioether (sulfide) groups is 1. The molecule has 0 bridgehead atoms. The molecule has 0 saturated heterocycles. The van der Waals surface area contributed by atoms with Gasteiger partial charge in [-0.3, -0.25) is 4.79 Å². The zero-order valence-corrected chi connectivity index (χ0v) is 8.63. The van der Waals surface area contributed by atoms with E-state index in [1.54, 1.807) is 0 Å². The number of carboxylic acids is 1. The number of carbonyl (C=O) groups is 2. The highest BCUT2D eigenvalue weighted by atomic mass is 32.2. The van der Waals surface area contributed by atoms with Crippen LogP contribution in [0, 0.1) is 5.92 Å². The van der Waals surface area contributed by atoms with Crippen LogP contribution in [0.3, 0.4) is 0 Å². The molecule has 0 aromatic rings. The summed E-state index contributed by atoms with van der Waals surface area (Å²) in [7, 11) is 0. The molecule has 76 valence electrons. The van der Waals surface area contributed by atoms with Gasteiger partial charge in [0, 0.05) is 5.75 Å². The van der Waals surface area contributed by atoms with Crippen LogP contribution in [0.5, 0.6) is 0 Å². The largest absolute Gasteiger partial charge is 0.480 e. The van der Waals surface area contributed by atoms with Gasteiger partial charge in [0.1, 0.15) is 6.04 Å².